The van der Waals surface area contributed by atoms with Gasteiger partial charge in [-0.3, -0.25) is 4.72 Å². The standard InChI is InChI=1S/C27H36N8O4S/c1-19-15-22(29-26(28-19)34-11-13-39-20(2)17-34)23-18-35(32-30-23)24-4-3-21(31-40(37,38)14-12-36)16-25(24)33-9-7-27(5-6-27)8-10-33/h3-4,15-16,18,20,31,36H,5-14,17H2,1-2H3/t20-/m0/s1. The van der Waals surface area contributed by atoms with Crippen LogP contribution in [-0.2, 0) is 14.8 Å². The second-order valence-electron chi connectivity index (χ2n) is 11.2. The van der Waals surface area contributed by atoms with E-state index in [9.17, 15) is 8.42 Å². The summed E-state index contributed by atoms with van der Waals surface area (Å²) in [6.07, 6.45) is 6.81. The Balaban J connectivity index is 1.32. The van der Waals surface area contributed by atoms with Crippen molar-refractivity contribution in [3.05, 3.63) is 36.2 Å². The lowest BCUT2D eigenvalue weighted by atomic mass is 9.93. The molecule has 0 unspecified atom stereocenters. The first kappa shape index (κ1) is 26.9. The number of rotatable bonds is 8. The van der Waals surface area contributed by atoms with Crippen molar-refractivity contribution in [1.29, 1.82) is 0 Å². The van der Waals surface area contributed by atoms with Crippen LogP contribution in [0.4, 0.5) is 17.3 Å². The summed E-state index contributed by atoms with van der Waals surface area (Å²) in [7, 11) is -3.65. The van der Waals surface area contributed by atoms with Crippen LogP contribution in [0.15, 0.2) is 30.5 Å². The third-order valence-corrected chi connectivity index (χ3v) is 9.37. The van der Waals surface area contributed by atoms with Crippen LogP contribution in [0, 0.1) is 12.3 Å². The van der Waals surface area contributed by atoms with Gasteiger partial charge in [0.25, 0.3) is 0 Å². The molecule has 2 N–H and O–H groups in total. The fourth-order valence-electron chi connectivity index (χ4n) is 5.61. The van der Waals surface area contributed by atoms with Crippen LogP contribution in [0.25, 0.3) is 17.1 Å². The number of hydrogen-bond acceptors (Lipinski definition) is 10. The number of aryl methyl sites for hydroxylation is 1. The number of sulfonamides is 1. The molecule has 3 aliphatic rings. The van der Waals surface area contributed by atoms with Crippen molar-refractivity contribution < 1.29 is 18.3 Å². The molecule has 2 saturated heterocycles. The zero-order valence-corrected chi connectivity index (χ0v) is 23.8. The van der Waals surface area contributed by atoms with E-state index in [1.807, 2.05) is 38.2 Å². The molecule has 3 fully saturated rings. The molecule has 1 spiro atoms. The SMILES string of the molecule is Cc1cc(-c2cn(-c3ccc(NS(=O)(=O)CCO)cc3N3CCC4(CC3)CC4)nn2)nc(N2CCO[C@@H](C)C2)n1. The maximum absolute atomic E-state index is 12.3. The molecule has 0 amide bonds. The monoisotopic (exact) mass is 568 g/mol. The molecule has 0 bridgehead atoms. The summed E-state index contributed by atoms with van der Waals surface area (Å²) in [5.41, 5.74) is 4.81. The van der Waals surface area contributed by atoms with Crippen molar-refractivity contribution in [2.75, 3.05) is 59.7 Å². The summed E-state index contributed by atoms with van der Waals surface area (Å²) in [6, 6.07) is 7.33. The van der Waals surface area contributed by atoms with E-state index in [1.54, 1.807) is 10.7 Å². The van der Waals surface area contributed by atoms with Gasteiger partial charge < -0.3 is 19.6 Å². The van der Waals surface area contributed by atoms with Crippen LogP contribution in [0.2, 0.25) is 0 Å². The van der Waals surface area contributed by atoms with Gasteiger partial charge in [-0.25, -0.2) is 23.1 Å². The van der Waals surface area contributed by atoms with E-state index in [4.69, 9.17) is 14.8 Å². The Labute approximate surface area is 234 Å². The molecule has 12 nitrogen and oxygen atoms in total. The van der Waals surface area contributed by atoms with Crippen LogP contribution >= 0.6 is 0 Å². The van der Waals surface area contributed by atoms with Crippen molar-refractivity contribution in [3.8, 4) is 17.1 Å². The van der Waals surface area contributed by atoms with Crippen LogP contribution < -0.4 is 14.5 Å². The van der Waals surface area contributed by atoms with Gasteiger partial charge >= 0.3 is 0 Å². The third-order valence-electron chi connectivity index (χ3n) is 8.10. The highest BCUT2D eigenvalue weighted by atomic mass is 32.2. The predicted molar refractivity (Wildman–Crippen MR) is 152 cm³/mol. The summed E-state index contributed by atoms with van der Waals surface area (Å²) in [6.45, 7) is 7.44. The third kappa shape index (κ3) is 5.77. The number of nitrogens with one attached hydrogen (secondary N) is 1. The number of benzene rings is 1. The molecule has 1 aliphatic carbocycles. The van der Waals surface area contributed by atoms with Crippen molar-refractivity contribution in [2.24, 2.45) is 5.41 Å². The van der Waals surface area contributed by atoms with Gasteiger partial charge in [0.1, 0.15) is 5.69 Å². The molecule has 3 aromatic rings. The number of nitrogens with zero attached hydrogens (tertiary/aromatic N) is 7. The van der Waals surface area contributed by atoms with Crippen LogP contribution in [0.5, 0.6) is 0 Å². The summed E-state index contributed by atoms with van der Waals surface area (Å²) < 4.78 is 34.7. The van der Waals surface area contributed by atoms with E-state index in [0.717, 1.165) is 56.1 Å². The average molecular weight is 569 g/mol. The first-order valence-corrected chi connectivity index (χ1v) is 15.5. The van der Waals surface area contributed by atoms with Crippen LogP contribution in [0.3, 0.4) is 0 Å². The lowest BCUT2D eigenvalue weighted by Gasteiger charge is -2.35. The van der Waals surface area contributed by atoms with Gasteiger partial charge in [0.05, 0.1) is 54.0 Å². The number of aliphatic hydroxyl groups excluding tert-OH is 1. The molecule has 4 heterocycles. The number of ether oxygens (including phenoxy) is 1. The maximum Gasteiger partial charge on any atom is 0.234 e. The molecular formula is C27H36N8O4S. The van der Waals surface area contributed by atoms with E-state index in [0.29, 0.717) is 35.0 Å². The van der Waals surface area contributed by atoms with Crippen molar-refractivity contribution >= 4 is 27.3 Å². The Morgan fingerprint density at radius 1 is 1.05 bits per heavy atom. The molecule has 40 heavy (non-hydrogen) atoms. The first-order valence-electron chi connectivity index (χ1n) is 13.9. The largest absolute Gasteiger partial charge is 0.395 e. The highest BCUT2D eigenvalue weighted by Gasteiger charge is 2.44. The molecule has 0 radical (unpaired) electrons. The summed E-state index contributed by atoms with van der Waals surface area (Å²) in [5.74, 6) is 0.300. The van der Waals surface area contributed by atoms with E-state index < -0.39 is 16.6 Å². The Morgan fingerprint density at radius 2 is 1.85 bits per heavy atom. The highest BCUT2D eigenvalue weighted by molar-refractivity contribution is 7.92. The minimum absolute atomic E-state index is 0.112. The Hall–Kier alpha value is -3.29. The number of aromatic nitrogens is 5. The highest BCUT2D eigenvalue weighted by Crippen LogP contribution is 2.54. The van der Waals surface area contributed by atoms with Crippen LogP contribution in [0.1, 0.15) is 38.3 Å². The average Bonchev–Trinajstić information content (AvgIpc) is 3.48. The molecule has 13 heteroatoms. The number of piperidine rings is 1. The lowest BCUT2D eigenvalue weighted by Crippen LogP contribution is -2.42. The van der Waals surface area contributed by atoms with E-state index in [2.05, 4.69) is 29.8 Å². The van der Waals surface area contributed by atoms with E-state index >= 15 is 0 Å². The summed E-state index contributed by atoms with van der Waals surface area (Å²) in [5, 5.41) is 18.0. The quantitative estimate of drug-likeness (QED) is 0.416. The number of anilines is 3. The number of morpholine rings is 1. The molecule has 2 aliphatic heterocycles. The van der Waals surface area contributed by atoms with Gasteiger partial charge in [-0.2, -0.15) is 0 Å². The molecule has 1 atom stereocenters. The van der Waals surface area contributed by atoms with Gasteiger partial charge in [0.2, 0.25) is 16.0 Å². The molecule has 214 valence electrons. The second kappa shape index (κ2) is 10.6. The Bertz CT molecular complexity index is 1480. The first-order chi connectivity index (χ1) is 19.2. The number of aliphatic hydroxyl groups is 1. The van der Waals surface area contributed by atoms with Crippen LogP contribution in [-0.4, -0.2) is 89.7 Å². The van der Waals surface area contributed by atoms with Gasteiger partial charge in [0.15, 0.2) is 0 Å². The van der Waals surface area contributed by atoms with E-state index in [-0.39, 0.29) is 11.9 Å². The molecule has 1 saturated carbocycles. The predicted octanol–water partition coefficient (Wildman–Crippen LogP) is 2.37. The Kier molecular flexibility index (Phi) is 7.13. The minimum Gasteiger partial charge on any atom is -0.395 e. The fraction of sp³-hybridized carbons (Fsp3) is 0.556. The molecular weight excluding hydrogens is 532 g/mol. The van der Waals surface area contributed by atoms with Crippen molar-refractivity contribution in [3.63, 3.8) is 0 Å². The maximum atomic E-state index is 12.3. The van der Waals surface area contributed by atoms with Crippen molar-refractivity contribution in [2.45, 2.75) is 45.6 Å². The van der Waals surface area contributed by atoms with Gasteiger partial charge in [-0.05, 0) is 69.2 Å². The smallest absolute Gasteiger partial charge is 0.234 e. The lowest BCUT2D eigenvalue weighted by molar-refractivity contribution is 0.0526. The summed E-state index contributed by atoms with van der Waals surface area (Å²) >= 11 is 0. The second-order valence-corrected chi connectivity index (χ2v) is 13.0. The molecule has 2 aromatic heterocycles. The molecule has 6 rings (SSSR count). The number of hydrogen-bond donors (Lipinski definition) is 2. The normalized spacial score (nSPS) is 20.6. The van der Waals surface area contributed by atoms with Gasteiger partial charge in [-0.1, -0.05) is 5.21 Å². The topological polar surface area (TPSA) is 139 Å². The van der Waals surface area contributed by atoms with Gasteiger partial charge in [-0.15, -0.1) is 5.10 Å². The Morgan fingerprint density at radius 3 is 2.58 bits per heavy atom. The summed E-state index contributed by atoms with van der Waals surface area (Å²) in [4.78, 5) is 13.9. The zero-order chi connectivity index (χ0) is 27.9. The minimum atomic E-state index is -3.65. The fourth-order valence-corrected chi connectivity index (χ4v) is 6.44. The van der Waals surface area contributed by atoms with Crippen molar-refractivity contribution in [1.82, 2.24) is 25.0 Å². The van der Waals surface area contributed by atoms with E-state index in [1.165, 1.54) is 12.8 Å². The molecule has 1 aromatic carbocycles. The zero-order valence-electron chi connectivity index (χ0n) is 23.0. The van der Waals surface area contributed by atoms with Gasteiger partial charge in [0, 0.05) is 31.9 Å².